The first-order chi connectivity index (χ1) is 9.64. The summed E-state index contributed by atoms with van der Waals surface area (Å²) in [7, 11) is 0. The normalized spacial score (nSPS) is 20.6. The van der Waals surface area contributed by atoms with E-state index in [-0.39, 0.29) is 0 Å². The molecule has 1 N–H and O–H groups in total. The fourth-order valence-corrected chi connectivity index (χ4v) is 3.50. The minimum Gasteiger partial charge on any atom is -0.384 e. The third-order valence-electron chi connectivity index (χ3n) is 4.27. The highest BCUT2D eigenvalue weighted by Crippen LogP contribution is 2.42. The van der Waals surface area contributed by atoms with Gasteiger partial charge in [-0.25, -0.2) is 0 Å². The lowest BCUT2D eigenvalue weighted by atomic mass is 9.86. The van der Waals surface area contributed by atoms with Crippen molar-refractivity contribution in [2.75, 3.05) is 6.61 Å². The lowest BCUT2D eigenvalue weighted by Crippen LogP contribution is -2.40. The van der Waals surface area contributed by atoms with Crippen LogP contribution < -0.4 is 0 Å². The van der Waals surface area contributed by atoms with Crippen LogP contribution in [0.2, 0.25) is 5.02 Å². The van der Waals surface area contributed by atoms with Crippen LogP contribution >= 0.6 is 11.6 Å². The van der Waals surface area contributed by atoms with Crippen LogP contribution in [0.4, 0.5) is 0 Å². The number of hydrogen-bond acceptors (Lipinski definition) is 3. The van der Waals surface area contributed by atoms with E-state index in [4.69, 9.17) is 16.3 Å². The van der Waals surface area contributed by atoms with Crippen LogP contribution in [0.1, 0.15) is 64.2 Å². The van der Waals surface area contributed by atoms with Gasteiger partial charge in [0.1, 0.15) is 6.10 Å². The Bertz CT molecular complexity index is 426. The smallest absolute Gasteiger partial charge is 0.126 e. The molecule has 1 saturated carbocycles. The topological polar surface area (TPSA) is 47.3 Å². The summed E-state index contributed by atoms with van der Waals surface area (Å²) in [5.74, 6) is 0. The number of aromatic nitrogens is 2. The van der Waals surface area contributed by atoms with E-state index in [1.807, 2.05) is 13.8 Å². The first kappa shape index (κ1) is 15.8. The number of aryl methyl sites for hydroxylation is 1. The Balaban J connectivity index is 2.34. The maximum absolute atomic E-state index is 11.0. The molecule has 4 nitrogen and oxygen atoms in total. The summed E-state index contributed by atoms with van der Waals surface area (Å²) in [5.41, 5.74) is 0.187. The Kier molecular flexibility index (Phi) is 5.47. The molecule has 0 bridgehead atoms. The highest BCUT2D eigenvalue weighted by molar-refractivity contribution is 6.31. The van der Waals surface area contributed by atoms with E-state index in [2.05, 4.69) is 5.10 Å². The molecule has 114 valence electrons. The lowest BCUT2D eigenvalue weighted by Gasteiger charge is -2.37. The number of aliphatic hydroxyl groups excluding tert-OH is 1. The van der Waals surface area contributed by atoms with E-state index >= 15 is 0 Å². The molecule has 2 rings (SSSR count). The van der Waals surface area contributed by atoms with Crippen LogP contribution in [-0.2, 0) is 11.3 Å². The molecule has 1 aromatic rings. The lowest BCUT2D eigenvalue weighted by molar-refractivity contribution is -0.133. The Morgan fingerprint density at radius 1 is 1.35 bits per heavy atom. The molecule has 0 aromatic carbocycles. The van der Waals surface area contributed by atoms with E-state index in [0.717, 1.165) is 25.7 Å². The second-order valence-corrected chi connectivity index (χ2v) is 5.92. The maximum Gasteiger partial charge on any atom is 0.126 e. The van der Waals surface area contributed by atoms with Crippen LogP contribution in [0.3, 0.4) is 0 Å². The summed E-state index contributed by atoms with van der Waals surface area (Å²) in [6, 6.07) is 0. The van der Waals surface area contributed by atoms with Crippen molar-refractivity contribution in [1.29, 1.82) is 0 Å². The molecule has 5 heteroatoms. The number of aliphatic hydroxyl groups is 1. The van der Waals surface area contributed by atoms with Gasteiger partial charge in [-0.15, -0.1) is 0 Å². The number of rotatable bonds is 5. The number of nitrogens with zero attached hydrogens (tertiary/aromatic N) is 2. The van der Waals surface area contributed by atoms with Gasteiger partial charge in [0, 0.05) is 13.2 Å². The van der Waals surface area contributed by atoms with Crippen molar-refractivity contribution in [2.24, 2.45) is 0 Å². The van der Waals surface area contributed by atoms with Gasteiger partial charge in [0.05, 0.1) is 22.5 Å². The molecule has 0 amide bonds. The fraction of sp³-hybridized carbons (Fsp3) is 0.800. The Hall–Kier alpha value is -0.580. The molecule has 1 fully saturated rings. The van der Waals surface area contributed by atoms with E-state index in [1.165, 1.54) is 12.8 Å². The molecule has 1 atom stereocenters. The van der Waals surface area contributed by atoms with Gasteiger partial charge in [0.2, 0.25) is 0 Å². The van der Waals surface area contributed by atoms with E-state index in [9.17, 15) is 5.11 Å². The third kappa shape index (κ3) is 3.02. The third-order valence-corrected chi connectivity index (χ3v) is 4.56. The molecule has 0 saturated heterocycles. The zero-order valence-corrected chi connectivity index (χ0v) is 13.2. The first-order valence-electron chi connectivity index (χ1n) is 7.68. The van der Waals surface area contributed by atoms with Gasteiger partial charge in [-0.2, -0.15) is 5.10 Å². The largest absolute Gasteiger partial charge is 0.384 e. The standard InChI is InChI=1S/C15H25ClN2O2/c1-3-18-13(12(16)11-17-18)14(19)15(20-4-2)9-7-5-6-8-10-15/h11,14,19H,3-10H2,1-2H3. The maximum atomic E-state index is 11.0. The SMILES string of the molecule is CCOC1(C(O)c2c(Cl)cnn2CC)CCCCCC1. The van der Waals surface area contributed by atoms with Crippen molar-refractivity contribution in [3.8, 4) is 0 Å². The Morgan fingerprint density at radius 3 is 2.55 bits per heavy atom. The molecule has 1 aliphatic rings. The molecule has 0 spiro atoms. The van der Waals surface area contributed by atoms with Crippen LogP contribution in [0.25, 0.3) is 0 Å². The molecule has 1 unspecified atom stereocenters. The predicted molar refractivity (Wildman–Crippen MR) is 79.9 cm³/mol. The minimum atomic E-state index is -0.713. The Morgan fingerprint density at radius 2 is 2.00 bits per heavy atom. The van der Waals surface area contributed by atoms with Crippen molar-refractivity contribution < 1.29 is 9.84 Å². The Labute approximate surface area is 126 Å². The van der Waals surface area contributed by atoms with Gasteiger partial charge in [-0.05, 0) is 26.7 Å². The average molecular weight is 301 g/mol. The summed E-state index contributed by atoms with van der Waals surface area (Å²) in [5, 5.41) is 15.7. The molecular formula is C15H25ClN2O2. The molecule has 20 heavy (non-hydrogen) atoms. The van der Waals surface area contributed by atoms with Crippen molar-refractivity contribution >= 4 is 11.6 Å². The molecular weight excluding hydrogens is 276 g/mol. The zero-order valence-electron chi connectivity index (χ0n) is 12.4. The highest BCUT2D eigenvalue weighted by atomic mass is 35.5. The molecule has 1 aromatic heterocycles. The number of hydrogen-bond donors (Lipinski definition) is 1. The second-order valence-electron chi connectivity index (χ2n) is 5.51. The molecule has 0 radical (unpaired) electrons. The number of ether oxygens (including phenoxy) is 1. The van der Waals surface area contributed by atoms with E-state index in [0.29, 0.717) is 23.9 Å². The van der Waals surface area contributed by atoms with Gasteiger partial charge in [0.25, 0.3) is 0 Å². The van der Waals surface area contributed by atoms with Crippen molar-refractivity contribution in [3.63, 3.8) is 0 Å². The highest BCUT2D eigenvalue weighted by Gasteiger charge is 2.42. The van der Waals surface area contributed by atoms with Crippen LogP contribution in [0.5, 0.6) is 0 Å². The van der Waals surface area contributed by atoms with Gasteiger partial charge >= 0.3 is 0 Å². The fourth-order valence-electron chi connectivity index (χ4n) is 3.26. The zero-order chi connectivity index (χ0) is 14.6. The van der Waals surface area contributed by atoms with Crippen molar-refractivity contribution in [3.05, 3.63) is 16.9 Å². The van der Waals surface area contributed by atoms with Gasteiger partial charge in [-0.1, -0.05) is 37.3 Å². The molecule has 1 heterocycles. The summed E-state index contributed by atoms with van der Waals surface area (Å²) >= 11 is 6.24. The van der Waals surface area contributed by atoms with Crippen LogP contribution in [0, 0.1) is 0 Å². The summed E-state index contributed by atoms with van der Waals surface area (Å²) in [6.45, 7) is 5.29. The predicted octanol–water partition coefficient (Wildman–Crippen LogP) is 3.72. The van der Waals surface area contributed by atoms with Gasteiger partial charge < -0.3 is 9.84 Å². The summed E-state index contributed by atoms with van der Waals surface area (Å²) in [4.78, 5) is 0. The van der Waals surface area contributed by atoms with Gasteiger partial charge in [0.15, 0.2) is 0 Å². The van der Waals surface area contributed by atoms with Gasteiger partial charge in [-0.3, -0.25) is 4.68 Å². The minimum absolute atomic E-state index is 0.512. The first-order valence-corrected chi connectivity index (χ1v) is 8.05. The molecule has 1 aliphatic carbocycles. The van der Waals surface area contributed by atoms with Crippen LogP contribution in [0.15, 0.2) is 6.20 Å². The van der Waals surface area contributed by atoms with Crippen molar-refractivity contribution in [2.45, 2.75) is 70.6 Å². The quantitative estimate of drug-likeness (QED) is 0.843. The molecule has 0 aliphatic heterocycles. The van der Waals surface area contributed by atoms with Crippen molar-refractivity contribution in [1.82, 2.24) is 9.78 Å². The number of halogens is 1. The summed E-state index contributed by atoms with van der Waals surface area (Å²) < 4.78 is 7.82. The van der Waals surface area contributed by atoms with E-state index < -0.39 is 11.7 Å². The van der Waals surface area contributed by atoms with Crippen LogP contribution in [-0.4, -0.2) is 27.1 Å². The average Bonchev–Trinajstić information content (AvgIpc) is 2.66. The van der Waals surface area contributed by atoms with E-state index in [1.54, 1.807) is 10.9 Å². The second kappa shape index (κ2) is 6.92. The monoisotopic (exact) mass is 300 g/mol. The summed E-state index contributed by atoms with van der Waals surface area (Å²) in [6.07, 6.45) is 7.27.